The molecule has 19 heavy (non-hydrogen) atoms. The van der Waals surface area contributed by atoms with E-state index in [0.717, 1.165) is 38.1 Å². The molecule has 1 aromatic rings. The highest BCUT2D eigenvalue weighted by Gasteiger charge is 2.31. The van der Waals surface area contributed by atoms with Crippen molar-refractivity contribution in [3.05, 3.63) is 22.8 Å². The second-order valence-electron chi connectivity index (χ2n) is 4.41. The van der Waals surface area contributed by atoms with Gasteiger partial charge in [0.05, 0.1) is 5.56 Å². The number of nitrogens with zero attached hydrogens (tertiary/aromatic N) is 2. The van der Waals surface area contributed by atoms with Crippen molar-refractivity contribution in [2.75, 3.05) is 26.2 Å². The summed E-state index contributed by atoms with van der Waals surface area (Å²) in [6.07, 6.45) is -2.12. The third-order valence-electron chi connectivity index (χ3n) is 2.95. The Hall–Kier alpha value is -1.01. The van der Waals surface area contributed by atoms with Crippen LogP contribution in [0.5, 0.6) is 5.88 Å². The maximum absolute atomic E-state index is 12.6. The third kappa shape index (κ3) is 4.24. The zero-order valence-electron chi connectivity index (χ0n) is 10.2. The number of hydrogen-bond acceptors (Lipinski definition) is 3. The van der Waals surface area contributed by atoms with Crippen molar-refractivity contribution in [1.82, 2.24) is 9.88 Å². The quantitative estimate of drug-likeness (QED) is 0.797. The lowest BCUT2D eigenvalue weighted by atomic mass is 10.2. The van der Waals surface area contributed by atoms with E-state index in [1.165, 1.54) is 0 Å². The first-order chi connectivity index (χ1) is 8.95. The Kier molecular flexibility index (Phi) is 4.52. The van der Waals surface area contributed by atoms with E-state index in [-0.39, 0.29) is 11.0 Å². The van der Waals surface area contributed by atoms with E-state index in [2.05, 4.69) is 9.88 Å². The van der Waals surface area contributed by atoms with Gasteiger partial charge in [0.15, 0.2) is 0 Å². The van der Waals surface area contributed by atoms with Crippen LogP contribution in [0.15, 0.2) is 12.1 Å². The third-order valence-corrected chi connectivity index (χ3v) is 3.15. The maximum atomic E-state index is 12.6. The Balaban J connectivity index is 1.94. The molecule has 1 aromatic heterocycles. The normalized spacial score (nSPS) is 16.8. The van der Waals surface area contributed by atoms with E-state index in [9.17, 15) is 13.2 Å². The van der Waals surface area contributed by atoms with Gasteiger partial charge in [0.1, 0.15) is 11.8 Å². The molecule has 2 rings (SSSR count). The first kappa shape index (κ1) is 14.4. The van der Waals surface area contributed by atoms with Crippen LogP contribution in [-0.2, 0) is 6.18 Å². The molecular weight excluding hydrogens is 281 g/mol. The van der Waals surface area contributed by atoms with Crippen molar-refractivity contribution in [3.8, 4) is 5.88 Å². The standard InChI is InChI=1S/C12H14ClF3N2O/c13-10-7-9(12(14,15)16)8-11(17-10)19-6-5-18-3-1-2-4-18/h7-8H,1-6H2. The average molecular weight is 295 g/mol. The Labute approximate surface area is 114 Å². The summed E-state index contributed by atoms with van der Waals surface area (Å²) >= 11 is 5.56. The fourth-order valence-corrected chi connectivity index (χ4v) is 2.20. The summed E-state index contributed by atoms with van der Waals surface area (Å²) in [6.45, 7) is 3.03. The van der Waals surface area contributed by atoms with Gasteiger partial charge in [-0.25, -0.2) is 4.98 Å². The van der Waals surface area contributed by atoms with E-state index in [0.29, 0.717) is 13.2 Å². The summed E-state index contributed by atoms with van der Waals surface area (Å²) in [4.78, 5) is 5.94. The van der Waals surface area contributed by atoms with E-state index in [1.54, 1.807) is 0 Å². The Bertz CT molecular complexity index is 433. The molecule has 1 aliphatic heterocycles. The fourth-order valence-electron chi connectivity index (χ4n) is 2.00. The summed E-state index contributed by atoms with van der Waals surface area (Å²) in [5.41, 5.74) is -0.844. The minimum Gasteiger partial charge on any atom is -0.476 e. The molecule has 0 N–H and O–H groups in total. The van der Waals surface area contributed by atoms with Gasteiger partial charge in [-0.2, -0.15) is 13.2 Å². The minimum absolute atomic E-state index is 0.0842. The van der Waals surface area contributed by atoms with Crippen LogP contribution in [0.25, 0.3) is 0 Å². The smallest absolute Gasteiger partial charge is 0.416 e. The number of rotatable bonds is 4. The summed E-state index contributed by atoms with van der Waals surface area (Å²) in [5.74, 6) is -0.0842. The Morgan fingerprint density at radius 2 is 1.95 bits per heavy atom. The van der Waals surface area contributed by atoms with Crippen LogP contribution in [0.3, 0.4) is 0 Å². The fraction of sp³-hybridized carbons (Fsp3) is 0.583. The van der Waals surface area contributed by atoms with Gasteiger partial charge in [-0.1, -0.05) is 11.6 Å². The lowest BCUT2D eigenvalue weighted by Gasteiger charge is -2.15. The highest BCUT2D eigenvalue weighted by Crippen LogP contribution is 2.32. The molecule has 0 saturated carbocycles. The number of pyridine rings is 1. The van der Waals surface area contributed by atoms with Gasteiger partial charge in [0.25, 0.3) is 0 Å². The van der Waals surface area contributed by atoms with Crippen molar-refractivity contribution >= 4 is 11.6 Å². The summed E-state index contributed by atoms with van der Waals surface area (Å²) in [6, 6.07) is 1.66. The van der Waals surface area contributed by atoms with Gasteiger partial charge < -0.3 is 4.74 Å². The topological polar surface area (TPSA) is 25.4 Å². The number of hydrogen-bond donors (Lipinski definition) is 0. The molecule has 0 amide bonds. The second kappa shape index (κ2) is 5.96. The highest BCUT2D eigenvalue weighted by atomic mass is 35.5. The van der Waals surface area contributed by atoms with Crippen LogP contribution < -0.4 is 4.74 Å². The van der Waals surface area contributed by atoms with Gasteiger partial charge in [0.2, 0.25) is 5.88 Å². The molecule has 106 valence electrons. The van der Waals surface area contributed by atoms with Crippen molar-refractivity contribution in [3.63, 3.8) is 0 Å². The van der Waals surface area contributed by atoms with Crippen molar-refractivity contribution in [2.45, 2.75) is 19.0 Å². The van der Waals surface area contributed by atoms with Crippen molar-refractivity contribution in [1.29, 1.82) is 0 Å². The largest absolute Gasteiger partial charge is 0.476 e. The predicted octanol–water partition coefficient (Wildman–Crippen LogP) is 3.23. The van der Waals surface area contributed by atoms with Crippen LogP contribution >= 0.6 is 11.6 Å². The van der Waals surface area contributed by atoms with Crippen LogP contribution in [-0.4, -0.2) is 36.1 Å². The first-order valence-corrected chi connectivity index (χ1v) is 6.43. The predicted molar refractivity (Wildman–Crippen MR) is 65.4 cm³/mol. The van der Waals surface area contributed by atoms with Gasteiger partial charge in [-0.3, -0.25) is 4.90 Å². The van der Waals surface area contributed by atoms with Crippen LogP contribution in [0.4, 0.5) is 13.2 Å². The molecule has 0 bridgehead atoms. The molecule has 0 aromatic carbocycles. The molecule has 1 aliphatic rings. The lowest BCUT2D eigenvalue weighted by Crippen LogP contribution is -2.25. The molecule has 7 heteroatoms. The summed E-state index contributed by atoms with van der Waals surface area (Å²) < 4.78 is 42.9. The van der Waals surface area contributed by atoms with E-state index < -0.39 is 11.7 Å². The molecule has 0 atom stereocenters. The second-order valence-corrected chi connectivity index (χ2v) is 4.80. The number of aromatic nitrogens is 1. The zero-order valence-corrected chi connectivity index (χ0v) is 11.0. The zero-order chi connectivity index (χ0) is 13.9. The monoisotopic (exact) mass is 294 g/mol. The van der Waals surface area contributed by atoms with Gasteiger partial charge in [-0.15, -0.1) is 0 Å². The summed E-state index contributed by atoms with van der Waals surface area (Å²) in [7, 11) is 0. The first-order valence-electron chi connectivity index (χ1n) is 6.05. The molecule has 0 radical (unpaired) electrons. The minimum atomic E-state index is -4.44. The van der Waals surface area contributed by atoms with Crippen LogP contribution in [0.1, 0.15) is 18.4 Å². The van der Waals surface area contributed by atoms with Crippen LogP contribution in [0.2, 0.25) is 5.15 Å². The van der Waals surface area contributed by atoms with Gasteiger partial charge in [0, 0.05) is 12.6 Å². The van der Waals surface area contributed by atoms with Gasteiger partial charge in [-0.05, 0) is 32.0 Å². The maximum Gasteiger partial charge on any atom is 0.416 e. The molecule has 1 saturated heterocycles. The number of ether oxygens (including phenoxy) is 1. The molecule has 0 aliphatic carbocycles. The van der Waals surface area contributed by atoms with E-state index in [4.69, 9.17) is 16.3 Å². The molecule has 2 heterocycles. The molecule has 0 unspecified atom stereocenters. The number of likely N-dealkylation sites (tertiary alicyclic amines) is 1. The van der Waals surface area contributed by atoms with Crippen molar-refractivity contribution < 1.29 is 17.9 Å². The number of halogens is 4. The van der Waals surface area contributed by atoms with Gasteiger partial charge >= 0.3 is 6.18 Å². The summed E-state index contributed by atoms with van der Waals surface area (Å²) in [5, 5.41) is -0.217. The number of alkyl halides is 3. The van der Waals surface area contributed by atoms with Crippen molar-refractivity contribution in [2.24, 2.45) is 0 Å². The van der Waals surface area contributed by atoms with Crippen LogP contribution in [0, 0.1) is 0 Å². The SMILES string of the molecule is FC(F)(F)c1cc(Cl)nc(OCCN2CCCC2)c1. The highest BCUT2D eigenvalue weighted by molar-refractivity contribution is 6.29. The lowest BCUT2D eigenvalue weighted by molar-refractivity contribution is -0.137. The molecular formula is C12H14ClF3N2O. The Morgan fingerprint density at radius 3 is 2.58 bits per heavy atom. The Morgan fingerprint density at radius 1 is 1.26 bits per heavy atom. The van der Waals surface area contributed by atoms with E-state index >= 15 is 0 Å². The average Bonchev–Trinajstić information content (AvgIpc) is 2.80. The molecule has 1 fully saturated rings. The van der Waals surface area contributed by atoms with E-state index in [1.807, 2.05) is 0 Å². The molecule has 0 spiro atoms. The molecule has 3 nitrogen and oxygen atoms in total.